The van der Waals surface area contributed by atoms with Crippen LogP contribution in [0, 0.1) is 0 Å². The van der Waals surface area contributed by atoms with E-state index in [1.54, 1.807) is 12.1 Å². The quantitative estimate of drug-likeness (QED) is 0.815. The molecule has 0 saturated carbocycles. The van der Waals surface area contributed by atoms with E-state index in [1.807, 2.05) is 24.3 Å². The van der Waals surface area contributed by atoms with Crippen molar-refractivity contribution in [2.24, 2.45) is 0 Å². The molecule has 0 bridgehead atoms. The van der Waals surface area contributed by atoms with Crippen molar-refractivity contribution in [2.45, 2.75) is 30.7 Å². The lowest BCUT2D eigenvalue weighted by molar-refractivity contribution is -0.116. The number of aryl methyl sites for hydroxylation is 1. The van der Waals surface area contributed by atoms with E-state index < -0.39 is 10.0 Å². The number of nitrogens with one attached hydrogen (secondary N) is 2. The molecule has 0 saturated heterocycles. The highest BCUT2D eigenvalue weighted by molar-refractivity contribution is 9.10. The van der Waals surface area contributed by atoms with E-state index in [1.165, 1.54) is 6.07 Å². The second-order valence-corrected chi connectivity index (χ2v) is 8.36. The number of hydrogen-bond acceptors (Lipinski definition) is 3. The van der Waals surface area contributed by atoms with Crippen LogP contribution in [0.2, 0.25) is 0 Å². The molecule has 0 atom stereocenters. The molecule has 2 N–H and O–H groups in total. The molecule has 7 heteroatoms. The molecule has 5 nitrogen and oxygen atoms in total. The maximum Gasteiger partial charge on any atom is 0.240 e. The average molecular weight is 409 g/mol. The second-order valence-electron chi connectivity index (χ2n) is 5.68. The van der Waals surface area contributed by atoms with Gasteiger partial charge in [0.15, 0.2) is 0 Å². The molecule has 2 aromatic carbocycles. The van der Waals surface area contributed by atoms with Gasteiger partial charge >= 0.3 is 0 Å². The largest absolute Gasteiger partial charge is 0.326 e. The summed E-state index contributed by atoms with van der Waals surface area (Å²) in [4.78, 5) is 11.8. The van der Waals surface area contributed by atoms with Gasteiger partial charge in [0.25, 0.3) is 0 Å². The second kappa shape index (κ2) is 7.04. The summed E-state index contributed by atoms with van der Waals surface area (Å²) in [6.45, 7) is 0.218. The molecule has 126 valence electrons. The fraction of sp³-hybridized carbons (Fsp3) is 0.235. The Morgan fingerprint density at radius 2 is 1.96 bits per heavy atom. The Bertz CT molecular complexity index is 881. The predicted octanol–water partition coefficient (Wildman–Crippen LogP) is 3.20. The highest BCUT2D eigenvalue weighted by Gasteiger charge is 2.18. The van der Waals surface area contributed by atoms with Gasteiger partial charge in [-0.1, -0.05) is 28.1 Å². The van der Waals surface area contributed by atoms with Gasteiger partial charge in [-0.25, -0.2) is 13.1 Å². The molecule has 0 spiro atoms. The lowest BCUT2D eigenvalue weighted by atomic mass is 10.1. The molecule has 0 aromatic heterocycles. The number of amides is 1. The third-order valence-electron chi connectivity index (χ3n) is 3.87. The van der Waals surface area contributed by atoms with Crippen LogP contribution in [0.3, 0.4) is 0 Å². The number of halogens is 1. The van der Waals surface area contributed by atoms with Crippen LogP contribution >= 0.6 is 15.9 Å². The van der Waals surface area contributed by atoms with Gasteiger partial charge in [-0.15, -0.1) is 0 Å². The van der Waals surface area contributed by atoms with Crippen molar-refractivity contribution in [3.8, 4) is 0 Å². The van der Waals surface area contributed by atoms with E-state index in [0.717, 1.165) is 15.6 Å². The summed E-state index contributed by atoms with van der Waals surface area (Å²) in [5, 5.41) is 2.81. The first-order valence-corrected chi connectivity index (χ1v) is 9.88. The van der Waals surface area contributed by atoms with Crippen LogP contribution < -0.4 is 10.0 Å². The van der Waals surface area contributed by atoms with Crippen LogP contribution in [0.5, 0.6) is 0 Å². The van der Waals surface area contributed by atoms with Crippen LogP contribution in [-0.4, -0.2) is 14.3 Å². The van der Waals surface area contributed by atoms with Crippen molar-refractivity contribution in [3.05, 3.63) is 58.1 Å². The minimum absolute atomic E-state index is 0.0304. The summed E-state index contributed by atoms with van der Waals surface area (Å²) in [7, 11) is -3.61. The van der Waals surface area contributed by atoms with Crippen molar-refractivity contribution in [1.82, 2.24) is 4.72 Å². The van der Waals surface area contributed by atoms with Gasteiger partial charge in [0.1, 0.15) is 0 Å². The van der Waals surface area contributed by atoms with Gasteiger partial charge in [-0.3, -0.25) is 4.79 Å². The Balaban J connectivity index is 1.80. The Hall–Kier alpha value is -1.70. The van der Waals surface area contributed by atoms with E-state index in [-0.39, 0.29) is 17.3 Å². The number of rotatable bonds is 4. The molecular weight excluding hydrogens is 392 g/mol. The number of sulfonamides is 1. The molecule has 0 unspecified atom stereocenters. The lowest BCUT2D eigenvalue weighted by Gasteiger charge is -2.11. The number of fused-ring (bicyclic) bond motifs is 1. The van der Waals surface area contributed by atoms with Crippen LogP contribution in [0.25, 0.3) is 0 Å². The Morgan fingerprint density at radius 1 is 1.12 bits per heavy atom. The molecule has 1 aliphatic rings. The third kappa shape index (κ3) is 4.03. The van der Waals surface area contributed by atoms with Crippen molar-refractivity contribution >= 4 is 37.5 Å². The number of hydrogen-bond donors (Lipinski definition) is 2. The molecule has 2 aromatic rings. The van der Waals surface area contributed by atoms with Gasteiger partial charge in [0.05, 0.1) is 4.90 Å². The summed E-state index contributed by atoms with van der Waals surface area (Å²) in [5.41, 5.74) is 2.42. The zero-order valence-electron chi connectivity index (χ0n) is 12.9. The average Bonchev–Trinajstić information content (AvgIpc) is 2.73. The van der Waals surface area contributed by atoms with Crippen molar-refractivity contribution in [1.29, 1.82) is 0 Å². The van der Waals surface area contributed by atoms with E-state index in [2.05, 4.69) is 26.0 Å². The molecule has 0 radical (unpaired) electrons. The highest BCUT2D eigenvalue weighted by atomic mass is 79.9. The van der Waals surface area contributed by atoms with Crippen LogP contribution in [0.4, 0.5) is 5.69 Å². The van der Waals surface area contributed by atoms with Crippen molar-refractivity contribution < 1.29 is 13.2 Å². The topological polar surface area (TPSA) is 75.3 Å². The maximum absolute atomic E-state index is 12.5. The Morgan fingerprint density at radius 3 is 2.75 bits per heavy atom. The van der Waals surface area contributed by atoms with Gasteiger partial charge in [-0.2, -0.15) is 0 Å². The summed E-state index contributed by atoms with van der Waals surface area (Å²) in [6.07, 6.45) is 1.86. The van der Waals surface area contributed by atoms with Gasteiger partial charge in [0, 0.05) is 23.1 Å². The van der Waals surface area contributed by atoms with Gasteiger partial charge in [0.2, 0.25) is 15.9 Å². The zero-order chi connectivity index (χ0) is 17.2. The van der Waals surface area contributed by atoms with Crippen LogP contribution in [-0.2, 0) is 27.8 Å². The minimum Gasteiger partial charge on any atom is -0.326 e. The number of benzene rings is 2. The summed E-state index contributed by atoms with van der Waals surface area (Å²) in [6, 6.07) is 12.3. The predicted molar refractivity (Wildman–Crippen MR) is 96.2 cm³/mol. The van der Waals surface area contributed by atoms with Crippen LogP contribution in [0.15, 0.2) is 51.8 Å². The standard InChI is InChI=1S/C17H17BrN2O3S/c18-14-5-1-3-12(9-14)11-19-24(22,23)15-7-8-16-13(10-15)4-2-6-17(21)20-16/h1,3,5,7-10,19H,2,4,6,11H2,(H,20,21). The summed E-state index contributed by atoms with van der Waals surface area (Å²) >= 11 is 3.37. The molecule has 0 fully saturated rings. The Labute approximate surface area is 149 Å². The van der Waals surface area contributed by atoms with E-state index in [0.29, 0.717) is 24.9 Å². The minimum atomic E-state index is -3.61. The normalized spacial score (nSPS) is 14.6. The fourth-order valence-electron chi connectivity index (χ4n) is 2.63. The fourth-order valence-corrected chi connectivity index (χ4v) is 4.14. The zero-order valence-corrected chi connectivity index (χ0v) is 15.3. The molecule has 24 heavy (non-hydrogen) atoms. The smallest absolute Gasteiger partial charge is 0.240 e. The molecular formula is C17H17BrN2O3S. The third-order valence-corrected chi connectivity index (χ3v) is 5.76. The van der Waals surface area contributed by atoms with E-state index in [4.69, 9.17) is 0 Å². The number of anilines is 1. The number of carbonyl (C=O) groups is 1. The van der Waals surface area contributed by atoms with E-state index in [9.17, 15) is 13.2 Å². The molecule has 1 aliphatic heterocycles. The first-order valence-electron chi connectivity index (χ1n) is 7.61. The van der Waals surface area contributed by atoms with E-state index >= 15 is 0 Å². The highest BCUT2D eigenvalue weighted by Crippen LogP contribution is 2.25. The van der Waals surface area contributed by atoms with Gasteiger partial charge < -0.3 is 5.32 Å². The first kappa shape index (κ1) is 17.1. The van der Waals surface area contributed by atoms with Crippen molar-refractivity contribution in [3.63, 3.8) is 0 Å². The number of carbonyl (C=O) groups excluding carboxylic acids is 1. The van der Waals surface area contributed by atoms with Crippen LogP contribution in [0.1, 0.15) is 24.0 Å². The molecule has 3 rings (SSSR count). The van der Waals surface area contributed by atoms with Crippen molar-refractivity contribution in [2.75, 3.05) is 5.32 Å². The SMILES string of the molecule is O=C1CCCc2cc(S(=O)(=O)NCc3cccc(Br)c3)ccc2N1. The monoisotopic (exact) mass is 408 g/mol. The lowest BCUT2D eigenvalue weighted by Crippen LogP contribution is -2.23. The molecule has 1 amide bonds. The molecule has 1 heterocycles. The van der Waals surface area contributed by atoms with Gasteiger partial charge in [-0.05, 0) is 54.3 Å². The Kier molecular flexibility index (Phi) is 5.03. The maximum atomic E-state index is 12.5. The summed E-state index contributed by atoms with van der Waals surface area (Å²) < 4.78 is 28.5. The summed E-state index contributed by atoms with van der Waals surface area (Å²) in [5.74, 6) is -0.0304. The first-order chi connectivity index (χ1) is 11.4. The molecule has 0 aliphatic carbocycles.